The van der Waals surface area contributed by atoms with Crippen LogP contribution in [0.5, 0.6) is 0 Å². The number of amides is 1. The van der Waals surface area contributed by atoms with Crippen molar-refractivity contribution >= 4 is 18.0 Å². The predicted octanol–water partition coefficient (Wildman–Crippen LogP) is 2.71. The molecular weight excluding hydrogens is 326 g/mol. The molecule has 1 saturated carbocycles. The number of allylic oxidation sites excluding steroid dienone is 2. The van der Waals surface area contributed by atoms with E-state index in [0.29, 0.717) is 5.92 Å². The van der Waals surface area contributed by atoms with Crippen molar-refractivity contribution in [1.29, 1.82) is 0 Å². The van der Waals surface area contributed by atoms with Gasteiger partial charge in [0, 0.05) is 24.3 Å². The minimum absolute atomic E-state index is 0.0111. The SMILES string of the molecule is CCC(=O)O[C@@H](OC(=O)NC[C@@]1(CC(=O)O)C[C@@H]2CC=C[C@@H]21)C(C)C. The van der Waals surface area contributed by atoms with Crippen LogP contribution in [0, 0.1) is 23.2 Å². The molecule has 25 heavy (non-hydrogen) atoms. The van der Waals surface area contributed by atoms with Gasteiger partial charge >= 0.3 is 18.0 Å². The molecule has 0 bridgehead atoms. The molecule has 2 aliphatic carbocycles. The average Bonchev–Trinajstić information content (AvgIpc) is 2.92. The fourth-order valence-electron chi connectivity index (χ4n) is 3.76. The Morgan fingerprint density at radius 1 is 1.32 bits per heavy atom. The topological polar surface area (TPSA) is 102 Å². The smallest absolute Gasteiger partial charge is 0.410 e. The molecule has 140 valence electrons. The van der Waals surface area contributed by atoms with Crippen LogP contribution < -0.4 is 5.32 Å². The van der Waals surface area contributed by atoms with E-state index in [1.54, 1.807) is 20.8 Å². The molecular formula is C18H27NO6. The number of nitrogens with one attached hydrogen (secondary N) is 1. The lowest BCUT2D eigenvalue weighted by molar-refractivity contribution is -0.174. The quantitative estimate of drug-likeness (QED) is 0.395. The lowest BCUT2D eigenvalue weighted by Gasteiger charge is -2.51. The molecule has 0 aromatic heterocycles. The standard InChI is InChI=1S/C18H27NO6/c1-4-15(22)24-16(11(2)3)25-17(23)19-10-18(9-14(20)21)8-12-6-5-7-13(12)18/h5,7,11-13,16H,4,6,8-10H2,1-3H3,(H,19,23)(H,20,21)/t12-,13-,16-,18-/m0/s1. The first kappa shape index (κ1) is 19.3. The summed E-state index contributed by atoms with van der Waals surface area (Å²) in [5.74, 6) is -0.827. The molecule has 0 aliphatic heterocycles. The maximum Gasteiger partial charge on any atom is 0.410 e. The van der Waals surface area contributed by atoms with Crippen LogP contribution in [0.3, 0.4) is 0 Å². The number of fused-ring (bicyclic) bond motifs is 1. The highest BCUT2D eigenvalue weighted by Crippen LogP contribution is 2.57. The number of carbonyl (C=O) groups excluding carboxylic acids is 2. The summed E-state index contributed by atoms with van der Waals surface area (Å²) in [6.07, 6.45) is 4.44. The van der Waals surface area contributed by atoms with Crippen LogP contribution in [0.1, 0.15) is 46.5 Å². The van der Waals surface area contributed by atoms with Crippen LogP contribution in [0.15, 0.2) is 12.2 Å². The highest BCUT2D eigenvalue weighted by atomic mass is 16.7. The number of hydrogen-bond acceptors (Lipinski definition) is 5. The molecule has 0 spiro atoms. The molecule has 2 N–H and O–H groups in total. The Labute approximate surface area is 147 Å². The predicted molar refractivity (Wildman–Crippen MR) is 89.5 cm³/mol. The van der Waals surface area contributed by atoms with Crippen molar-refractivity contribution in [3.05, 3.63) is 12.2 Å². The summed E-state index contributed by atoms with van der Waals surface area (Å²) >= 11 is 0. The first-order valence-corrected chi connectivity index (χ1v) is 8.80. The van der Waals surface area contributed by atoms with Gasteiger partial charge in [-0.1, -0.05) is 32.9 Å². The molecule has 1 fully saturated rings. The van der Waals surface area contributed by atoms with Gasteiger partial charge in [0.25, 0.3) is 6.29 Å². The number of esters is 1. The summed E-state index contributed by atoms with van der Waals surface area (Å²) in [6.45, 7) is 5.47. The summed E-state index contributed by atoms with van der Waals surface area (Å²) in [4.78, 5) is 34.8. The Kier molecular flexibility index (Phi) is 6.08. The molecule has 0 aromatic rings. The van der Waals surface area contributed by atoms with Gasteiger partial charge < -0.3 is 19.9 Å². The normalized spacial score (nSPS) is 28.0. The minimum Gasteiger partial charge on any atom is -0.481 e. The van der Waals surface area contributed by atoms with Crippen LogP contribution in [-0.2, 0) is 19.1 Å². The highest BCUT2D eigenvalue weighted by Gasteiger charge is 2.54. The number of rotatable bonds is 8. The molecule has 0 unspecified atom stereocenters. The molecule has 0 heterocycles. The van der Waals surface area contributed by atoms with Crippen LogP contribution >= 0.6 is 0 Å². The summed E-state index contributed by atoms with van der Waals surface area (Å²) in [5, 5.41) is 11.9. The van der Waals surface area contributed by atoms with Crippen molar-refractivity contribution in [3.63, 3.8) is 0 Å². The summed E-state index contributed by atoms with van der Waals surface area (Å²) in [7, 11) is 0. The Balaban J connectivity index is 1.91. The van der Waals surface area contributed by atoms with Crippen LogP contribution in [0.4, 0.5) is 4.79 Å². The van der Waals surface area contributed by atoms with E-state index < -0.39 is 29.7 Å². The number of carboxylic acids is 1. The number of carboxylic acid groups (broad SMARTS) is 1. The van der Waals surface area contributed by atoms with Crippen molar-refractivity contribution in [2.75, 3.05) is 6.54 Å². The third-order valence-corrected chi connectivity index (χ3v) is 5.06. The van der Waals surface area contributed by atoms with E-state index in [4.69, 9.17) is 9.47 Å². The minimum atomic E-state index is -0.955. The third-order valence-electron chi connectivity index (χ3n) is 5.06. The van der Waals surface area contributed by atoms with Crippen molar-refractivity contribution in [2.45, 2.75) is 52.7 Å². The molecule has 0 aromatic carbocycles. The van der Waals surface area contributed by atoms with Gasteiger partial charge in [0.15, 0.2) is 0 Å². The van der Waals surface area contributed by atoms with Crippen LogP contribution in [0.2, 0.25) is 0 Å². The largest absolute Gasteiger partial charge is 0.481 e. The molecule has 4 atom stereocenters. The zero-order chi connectivity index (χ0) is 18.6. The Morgan fingerprint density at radius 2 is 2.04 bits per heavy atom. The van der Waals surface area contributed by atoms with Crippen LogP contribution in [0.25, 0.3) is 0 Å². The number of hydrogen-bond donors (Lipinski definition) is 2. The second-order valence-electron chi connectivity index (χ2n) is 7.30. The van der Waals surface area contributed by atoms with Crippen molar-refractivity contribution in [3.8, 4) is 0 Å². The van der Waals surface area contributed by atoms with Gasteiger partial charge in [0.05, 0.1) is 6.42 Å². The zero-order valence-electron chi connectivity index (χ0n) is 15.0. The maximum absolute atomic E-state index is 12.1. The van der Waals surface area contributed by atoms with Gasteiger partial charge in [-0.25, -0.2) is 4.79 Å². The van der Waals surface area contributed by atoms with E-state index in [-0.39, 0.29) is 31.2 Å². The van der Waals surface area contributed by atoms with Crippen molar-refractivity contribution in [1.82, 2.24) is 5.32 Å². The first-order chi connectivity index (χ1) is 11.8. The lowest BCUT2D eigenvalue weighted by Crippen LogP contribution is -2.53. The monoisotopic (exact) mass is 353 g/mol. The maximum atomic E-state index is 12.1. The Morgan fingerprint density at radius 3 is 2.60 bits per heavy atom. The van der Waals surface area contributed by atoms with Gasteiger partial charge in [0.1, 0.15) is 0 Å². The average molecular weight is 353 g/mol. The van der Waals surface area contributed by atoms with Gasteiger partial charge in [-0.05, 0) is 24.7 Å². The summed E-state index contributed by atoms with van der Waals surface area (Å²) < 4.78 is 10.3. The van der Waals surface area contributed by atoms with Crippen LogP contribution in [-0.4, -0.2) is 36.0 Å². The number of ether oxygens (including phenoxy) is 2. The fourth-order valence-corrected chi connectivity index (χ4v) is 3.76. The van der Waals surface area contributed by atoms with E-state index in [2.05, 4.69) is 17.5 Å². The van der Waals surface area contributed by atoms with E-state index in [0.717, 1.165) is 12.8 Å². The van der Waals surface area contributed by atoms with Gasteiger partial charge in [-0.2, -0.15) is 0 Å². The highest BCUT2D eigenvalue weighted by molar-refractivity contribution is 5.71. The number of alkyl carbamates (subject to hydrolysis) is 1. The summed E-state index contributed by atoms with van der Waals surface area (Å²) in [5.41, 5.74) is -0.462. The van der Waals surface area contributed by atoms with Gasteiger partial charge in [0.2, 0.25) is 0 Å². The molecule has 7 heteroatoms. The van der Waals surface area contributed by atoms with Crippen molar-refractivity contribution in [2.24, 2.45) is 23.2 Å². The van der Waals surface area contributed by atoms with E-state index >= 15 is 0 Å². The van der Waals surface area contributed by atoms with Gasteiger partial charge in [-0.15, -0.1) is 0 Å². The Bertz CT molecular complexity index is 558. The summed E-state index contributed by atoms with van der Waals surface area (Å²) in [6, 6.07) is 0. The molecule has 2 rings (SSSR count). The zero-order valence-corrected chi connectivity index (χ0v) is 15.0. The molecule has 2 aliphatic rings. The second-order valence-corrected chi connectivity index (χ2v) is 7.30. The molecule has 1 amide bonds. The van der Waals surface area contributed by atoms with E-state index in [1.165, 1.54) is 0 Å². The van der Waals surface area contributed by atoms with Crippen molar-refractivity contribution < 1.29 is 29.0 Å². The molecule has 0 saturated heterocycles. The Hall–Kier alpha value is -2.05. The number of aliphatic carboxylic acids is 1. The van der Waals surface area contributed by atoms with E-state index in [9.17, 15) is 19.5 Å². The molecule has 0 radical (unpaired) electrons. The van der Waals surface area contributed by atoms with E-state index in [1.807, 2.05) is 0 Å². The fraction of sp³-hybridized carbons (Fsp3) is 0.722. The lowest BCUT2D eigenvalue weighted by atomic mass is 9.53. The number of carbonyl (C=O) groups is 3. The first-order valence-electron chi connectivity index (χ1n) is 8.80. The van der Waals surface area contributed by atoms with Gasteiger partial charge in [-0.3, -0.25) is 9.59 Å². The third kappa shape index (κ3) is 4.52. The second kappa shape index (κ2) is 7.89. The molecule has 7 nitrogen and oxygen atoms in total.